The summed E-state index contributed by atoms with van der Waals surface area (Å²) in [5.74, 6) is -0.764. The lowest BCUT2D eigenvalue weighted by Crippen LogP contribution is -2.28. The summed E-state index contributed by atoms with van der Waals surface area (Å²) in [7, 11) is 0. The smallest absolute Gasteiger partial charge is 0.308 e. The van der Waals surface area contributed by atoms with Gasteiger partial charge in [-0.3, -0.25) is 9.59 Å². The predicted octanol–water partition coefficient (Wildman–Crippen LogP) is 1.11. The van der Waals surface area contributed by atoms with Crippen molar-refractivity contribution < 1.29 is 14.7 Å². The van der Waals surface area contributed by atoms with Crippen LogP contribution in [0.2, 0.25) is 0 Å². The summed E-state index contributed by atoms with van der Waals surface area (Å²) in [6.07, 6.45) is 1.85. The number of thioether (sulfide) groups is 1. The molecule has 0 spiro atoms. The quantitative estimate of drug-likeness (QED) is 0.808. The fourth-order valence-corrected chi connectivity index (χ4v) is 2.68. The molecule has 0 aliphatic carbocycles. The van der Waals surface area contributed by atoms with Gasteiger partial charge in [-0.2, -0.15) is 0 Å². The molecule has 1 aliphatic heterocycles. The van der Waals surface area contributed by atoms with E-state index in [4.69, 9.17) is 5.11 Å². The molecule has 2 rings (SSSR count). The largest absolute Gasteiger partial charge is 0.481 e. The second-order valence-corrected chi connectivity index (χ2v) is 5.21. The highest BCUT2D eigenvalue weighted by Gasteiger charge is 2.33. The van der Waals surface area contributed by atoms with Crippen LogP contribution in [0.3, 0.4) is 0 Å². The van der Waals surface area contributed by atoms with Crippen LogP contribution in [0.5, 0.6) is 0 Å². The number of likely N-dealkylation sites (tertiary alicyclic amines) is 1. The van der Waals surface area contributed by atoms with Gasteiger partial charge in [-0.1, -0.05) is 6.07 Å². The number of aliphatic carboxylic acids is 1. The first-order chi connectivity index (χ1) is 8.66. The van der Waals surface area contributed by atoms with Gasteiger partial charge in [-0.15, -0.1) is 11.8 Å². The van der Waals surface area contributed by atoms with Crippen LogP contribution in [-0.4, -0.2) is 45.7 Å². The van der Waals surface area contributed by atoms with Crippen molar-refractivity contribution in [3.63, 3.8) is 0 Å². The van der Waals surface area contributed by atoms with E-state index < -0.39 is 11.9 Å². The van der Waals surface area contributed by atoms with Gasteiger partial charge < -0.3 is 10.0 Å². The zero-order chi connectivity index (χ0) is 13.0. The van der Waals surface area contributed by atoms with E-state index in [-0.39, 0.29) is 12.3 Å². The first-order valence-electron chi connectivity index (χ1n) is 5.71. The average Bonchev–Trinajstić information content (AvgIpc) is 2.73. The molecule has 0 radical (unpaired) electrons. The normalized spacial score (nSPS) is 19.2. The minimum atomic E-state index is -0.886. The van der Waals surface area contributed by atoms with E-state index in [0.29, 0.717) is 13.1 Å². The summed E-state index contributed by atoms with van der Waals surface area (Å²) in [6, 6.07) is 5.68. The fourth-order valence-electron chi connectivity index (χ4n) is 1.85. The molecule has 6 heteroatoms. The number of carbonyl (C=O) groups is 2. The zero-order valence-electron chi connectivity index (χ0n) is 9.78. The van der Waals surface area contributed by atoms with Crippen molar-refractivity contribution >= 4 is 23.6 Å². The van der Waals surface area contributed by atoms with Crippen LogP contribution in [0.1, 0.15) is 6.42 Å². The summed E-state index contributed by atoms with van der Waals surface area (Å²) in [4.78, 5) is 28.2. The first kappa shape index (κ1) is 12.9. The van der Waals surface area contributed by atoms with Crippen molar-refractivity contribution in [2.45, 2.75) is 11.4 Å². The number of pyridine rings is 1. The number of aromatic nitrogens is 1. The molecule has 1 N–H and O–H groups in total. The van der Waals surface area contributed by atoms with Crippen LogP contribution in [0.25, 0.3) is 0 Å². The summed E-state index contributed by atoms with van der Waals surface area (Å²) >= 11 is 1.57. The molecule has 1 aromatic rings. The second kappa shape index (κ2) is 5.86. The molecule has 18 heavy (non-hydrogen) atoms. The van der Waals surface area contributed by atoms with Gasteiger partial charge in [0.2, 0.25) is 5.91 Å². The van der Waals surface area contributed by atoms with E-state index in [1.807, 2.05) is 18.2 Å². The highest BCUT2D eigenvalue weighted by molar-refractivity contribution is 7.99. The van der Waals surface area contributed by atoms with Crippen molar-refractivity contribution in [2.24, 2.45) is 5.92 Å². The standard InChI is InChI=1S/C12H14N2O3S/c15-11-7-9(12(16)17)8-14(11)5-6-18-10-3-1-2-4-13-10/h1-4,9H,5-8H2,(H,16,17)/t9-/m1/s1. The molecule has 1 fully saturated rings. The Labute approximate surface area is 109 Å². The second-order valence-electron chi connectivity index (χ2n) is 4.10. The van der Waals surface area contributed by atoms with E-state index in [2.05, 4.69) is 4.98 Å². The van der Waals surface area contributed by atoms with E-state index in [1.54, 1.807) is 22.9 Å². The highest BCUT2D eigenvalue weighted by Crippen LogP contribution is 2.20. The maximum atomic E-state index is 11.6. The number of hydrogen-bond acceptors (Lipinski definition) is 4. The molecule has 0 unspecified atom stereocenters. The van der Waals surface area contributed by atoms with Crippen LogP contribution in [0.4, 0.5) is 0 Å². The molecule has 2 heterocycles. The van der Waals surface area contributed by atoms with E-state index >= 15 is 0 Å². The maximum Gasteiger partial charge on any atom is 0.308 e. The molecule has 1 aromatic heterocycles. The third-order valence-corrected chi connectivity index (χ3v) is 3.74. The number of rotatable bonds is 5. The Morgan fingerprint density at radius 1 is 1.56 bits per heavy atom. The summed E-state index contributed by atoms with van der Waals surface area (Å²) in [6.45, 7) is 0.904. The van der Waals surface area contributed by atoms with Gasteiger partial charge in [-0.05, 0) is 12.1 Å². The first-order valence-corrected chi connectivity index (χ1v) is 6.70. The van der Waals surface area contributed by atoms with Crippen LogP contribution >= 0.6 is 11.8 Å². The minimum absolute atomic E-state index is 0.0657. The van der Waals surface area contributed by atoms with Gasteiger partial charge in [0, 0.05) is 31.5 Å². The number of carboxylic acid groups (broad SMARTS) is 1. The molecular weight excluding hydrogens is 252 g/mol. The van der Waals surface area contributed by atoms with Crippen LogP contribution in [0, 0.1) is 5.92 Å². The van der Waals surface area contributed by atoms with Crippen LogP contribution in [0.15, 0.2) is 29.4 Å². The lowest BCUT2D eigenvalue weighted by molar-refractivity contribution is -0.141. The third kappa shape index (κ3) is 3.22. The van der Waals surface area contributed by atoms with Gasteiger partial charge in [0.15, 0.2) is 0 Å². The van der Waals surface area contributed by atoms with Crippen LogP contribution in [-0.2, 0) is 9.59 Å². The van der Waals surface area contributed by atoms with Gasteiger partial charge in [0.1, 0.15) is 0 Å². The van der Waals surface area contributed by atoms with E-state index in [9.17, 15) is 9.59 Å². The summed E-state index contributed by atoms with van der Waals surface area (Å²) in [5.41, 5.74) is 0. The fraction of sp³-hybridized carbons (Fsp3) is 0.417. The Morgan fingerprint density at radius 3 is 3.00 bits per heavy atom. The molecule has 1 saturated heterocycles. The maximum absolute atomic E-state index is 11.6. The van der Waals surface area contributed by atoms with Crippen molar-refractivity contribution in [2.75, 3.05) is 18.8 Å². The molecule has 1 aliphatic rings. The van der Waals surface area contributed by atoms with Crippen molar-refractivity contribution in [1.29, 1.82) is 0 Å². The third-order valence-electron chi connectivity index (χ3n) is 2.81. The lowest BCUT2D eigenvalue weighted by Gasteiger charge is -2.15. The SMILES string of the molecule is O=C(O)[C@@H]1CC(=O)N(CCSc2ccccn2)C1. The Hall–Kier alpha value is -1.56. The average molecular weight is 266 g/mol. The zero-order valence-corrected chi connectivity index (χ0v) is 10.6. The van der Waals surface area contributed by atoms with Crippen LogP contribution < -0.4 is 0 Å². The Bertz CT molecular complexity index is 438. The van der Waals surface area contributed by atoms with E-state index in [0.717, 1.165) is 10.8 Å². The van der Waals surface area contributed by atoms with Gasteiger partial charge in [-0.25, -0.2) is 4.98 Å². The lowest BCUT2D eigenvalue weighted by atomic mass is 10.1. The van der Waals surface area contributed by atoms with Gasteiger partial charge in [0.25, 0.3) is 0 Å². The summed E-state index contributed by atoms with van der Waals surface area (Å²) in [5, 5.41) is 9.77. The van der Waals surface area contributed by atoms with Crippen molar-refractivity contribution in [3.8, 4) is 0 Å². The minimum Gasteiger partial charge on any atom is -0.481 e. The molecule has 0 saturated carbocycles. The van der Waals surface area contributed by atoms with Gasteiger partial charge in [0.05, 0.1) is 10.9 Å². The molecule has 0 bridgehead atoms. The summed E-state index contributed by atoms with van der Waals surface area (Å²) < 4.78 is 0. The number of carbonyl (C=O) groups excluding carboxylic acids is 1. The topological polar surface area (TPSA) is 70.5 Å². The van der Waals surface area contributed by atoms with E-state index in [1.165, 1.54) is 0 Å². The Balaban J connectivity index is 1.78. The Kier molecular flexibility index (Phi) is 4.19. The van der Waals surface area contributed by atoms with Crippen molar-refractivity contribution in [1.82, 2.24) is 9.88 Å². The Morgan fingerprint density at radius 2 is 2.39 bits per heavy atom. The number of carboxylic acids is 1. The molecule has 96 valence electrons. The highest BCUT2D eigenvalue weighted by atomic mass is 32.2. The van der Waals surface area contributed by atoms with Crippen molar-refractivity contribution in [3.05, 3.63) is 24.4 Å². The molecular formula is C12H14N2O3S. The number of amides is 1. The molecule has 0 aromatic carbocycles. The predicted molar refractivity (Wildman–Crippen MR) is 67.3 cm³/mol. The number of nitrogens with zero attached hydrogens (tertiary/aromatic N) is 2. The number of hydrogen-bond donors (Lipinski definition) is 1. The van der Waals surface area contributed by atoms with Gasteiger partial charge >= 0.3 is 5.97 Å². The molecule has 1 amide bonds. The molecule has 5 nitrogen and oxygen atoms in total. The molecule has 1 atom stereocenters. The monoisotopic (exact) mass is 266 g/mol.